The summed E-state index contributed by atoms with van der Waals surface area (Å²) >= 11 is 0. The van der Waals surface area contributed by atoms with Gasteiger partial charge in [-0.3, -0.25) is 14.9 Å². The van der Waals surface area contributed by atoms with Crippen LogP contribution in [0.2, 0.25) is 0 Å². The van der Waals surface area contributed by atoms with Gasteiger partial charge in [-0.05, 0) is 48.7 Å². The summed E-state index contributed by atoms with van der Waals surface area (Å²) in [7, 11) is 1.62. The average Bonchev–Trinajstić information content (AvgIpc) is 3.54. The summed E-state index contributed by atoms with van der Waals surface area (Å²) in [6, 6.07) is 9.13. The third-order valence-corrected chi connectivity index (χ3v) is 5.75. The number of benzene rings is 1. The van der Waals surface area contributed by atoms with Crippen molar-refractivity contribution in [1.29, 1.82) is 5.26 Å². The lowest BCUT2D eigenvalue weighted by molar-refractivity contribution is 0.0778. The van der Waals surface area contributed by atoms with E-state index in [9.17, 15) is 18.8 Å². The molecule has 1 aromatic carbocycles. The Morgan fingerprint density at radius 1 is 1.29 bits per heavy atom. The number of hydrogen-bond donors (Lipinski definition) is 1. The molecule has 1 saturated carbocycles. The highest BCUT2D eigenvalue weighted by Gasteiger charge is 2.27. The van der Waals surface area contributed by atoms with Gasteiger partial charge < -0.3 is 9.64 Å². The van der Waals surface area contributed by atoms with Gasteiger partial charge in [-0.2, -0.15) is 10.4 Å². The van der Waals surface area contributed by atoms with E-state index in [1.807, 2.05) is 6.07 Å². The summed E-state index contributed by atoms with van der Waals surface area (Å²) in [5.74, 6) is -0.698. The van der Waals surface area contributed by atoms with Gasteiger partial charge in [0.2, 0.25) is 5.88 Å². The maximum atomic E-state index is 14.1. The zero-order valence-electron chi connectivity index (χ0n) is 18.8. The number of nitriles is 1. The first kappa shape index (κ1) is 22.4. The Morgan fingerprint density at radius 3 is 2.86 bits per heavy atom. The summed E-state index contributed by atoms with van der Waals surface area (Å²) in [5, 5.41) is 16.6. The van der Waals surface area contributed by atoms with Crippen molar-refractivity contribution in [1.82, 2.24) is 25.1 Å². The number of aromatic amines is 1. The van der Waals surface area contributed by atoms with Crippen LogP contribution in [0.4, 0.5) is 8.78 Å². The Morgan fingerprint density at radius 2 is 2.11 bits per heavy atom. The van der Waals surface area contributed by atoms with Crippen molar-refractivity contribution in [2.45, 2.75) is 32.2 Å². The minimum atomic E-state index is -0.716. The monoisotopic (exact) mass is 474 g/mol. The molecule has 0 saturated heterocycles. The number of alkyl halides is 1. The molecular weight excluding hydrogens is 454 g/mol. The number of hydrogen-bond acceptors (Lipinski definition) is 6. The molecule has 4 aromatic rings. The van der Waals surface area contributed by atoms with Crippen molar-refractivity contribution in [2.75, 3.05) is 7.05 Å². The van der Waals surface area contributed by atoms with E-state index < -0.39 is 12.5 Å². The maximum absolute atomic E-state index is 14.1. The fourth-order valence-corrected chi connectivity index (χ4v) is 3.81. The van der Waals surface area contributed by atoms with Crippen molar-refractivity contribution in [3.05, 3.63) is 71.1 Å². The molecule has 1 aliphatic rings. The number of nitrogens with zero attached hydrogens (tertiary/aromatic N) is 5. The quantitative estimate of drug-likeness (QED) is 0.428. The molecule has 3 heterocycles. The van der Waals surface area contributed by atoms with Crippen molar-refractivity contribution in [2.24, 2.45) is 0 Å². The van der Waals surface area contributed by atoms with Crippen LogP contribution in [0, 0.1) is 17.1 Å². The molecule has 5 rings (SSSR count). The molecule has 3 aromatic heterocycles. The number of pyridine rings is 2. The van der Waals surface area contributed by atoms with Crippen LogP contribution in [0.3, 0.4) is 0 Å². The molecule has 0 atom stereocenters. The number of ether oxygens (including phenoxy) is 1. The largest absolute Gasteiger partial charge is 0.474 e. The predicted octanol–water partition coefficient (Wildman–Crippen LogP) is 4.31. The van der Waals surface area contributed by atoms with Crippen LogP contribution >= 0.6 is 0 Å². The molecule has 176 valence electrons. The van der Waals surface area contributed by atoms with E-state index >= 15 is 0 Å². The number of amides is 1. The normalized spacial score (nSPS) is 13.0. The third-order valence-electron chi connectivity index (χ3n) is 5.75. The number of rotatable bonds is 7. The topological polar surface area (TPSA) is 108 Å². The Bertz CT molecular complexity index is 1470. The molecular formula is C25H20F2N6O2. The first-order valence-corrected chi connectivity index (χ1v) is 11.0. The number of H-pyrrole nitrogens is 1. The fraction of sp³-hybridized carbons (Fsp3) is 0.240. The van der Waals surface area contributed by atoms with E-state index in [1.54, 1.807) is 25.2 Å². The SMILES string of the molecule is CN(Cc1cnc(CF)c2cn[nH]c12)C(=O)c1ccc(-c2cc(F)cc(C#N)c2)c(OC2CC2)n1. The van der Waals surface area contributed by atoms with Crippen LogP contribution in [0.25, 0.3) is 22.0 Å². The molecule has 35 heavy (non-hydrogen) atoms. The fourth-order valence-electron chi connectivity index (χ4n) is 3.81. The zero-order valence-corrected chi connectivity index (χ0v) is 18.8. The van der Waals surface area contributed by atoms with Crippen molar-refractivity contribution >= 4 is 16.8 Å². The number of carbonyl (C=O) groups is 1. The van der Waals surface area contributed by atoms with Gasteiger partial charge in [0.25, 0.3) is 5.91 Å². The van der Waals surface area contributed by atoms with Gasteiger partial charge in [0.15, 0.2) is 0 Å². The highest BCUT2D eigenvalue weighted by Crippen LogP contribution is 2.34. The lowest BCUT2D eigenvalue weighted by atomic mass is 10.0. The van der Waals surface area contributed by atoms with E-state index in [4.69, 9.17) is 4.74 Å². The molecule has 0 aliphatic heterocycles. The molecule has 1 amide bonds. The summed E-state index contributed by atoms with van der Waals surface area (Å²) in [4.78, 5) is 23.3. The summed E-state index contributed by atoms with van der Waals surface area (Å²) in [6.45, 7) is -0.527. The Balaban J connectivity index is 1.45. The summed E-state index contributed by atoms with van der Waals surface area (Å²) in [6.07, 6.45) is 4.76. The van der Waals surface area contributed by atoms with Crippen LogP contribution in [0.5, 0.6) is 5.88 Å². The summed E-state index contributed by atoms with van der Waals surface area (Å²) in [5.41, 5.74) is 2.85. The van der Waals surface area contributed by atoms with Gasteiger partial charge in [0.05, 0.1) is 29.0 Å². The lowest BCUT2D eigenvalue weighted by Crippen LogP contribution is -2.27. The molecule has 8 nitrogen and oxygen atoms in total. The molecule has 0 radical (unpaired) electrons. The highest BCUT2D eigenvalue weighted by atomic mass is 19.1. The Hall–Kier alpha value is -4.39. The second-order valence-corrected chi connectivity index (χ2v) is 8.39. The van der Waals surface area contributed by atoms with Gasteiger partial charge in [-0.15, -0.1) is 0 Å². The molecule has 0 unspecified atom stereocenters. The predicted molar refractivity (Wildman–Crippen MR) is 122 cm³/mol. The van der Waals surface area contributed by atoms with Crippen molar-refractivity contribution in [3.8, 4) is 23.1 Å². The van der Waals surface area contributed by atoms with E-state index in [0.717, 1.165) is 18.9 Å². The number of aromatic nitrogens is 4. The van der Waals surface area contributed by atoms with Gasteiger partial charge >= 0.3 is 0 Å². The number of fused-ring (bicyclic) bond motifs is 1. The number of nitrogens with one attached hydrogen (secondary N) is 1. The van der Waals surface area contributed by atoms with Gasteiger partial charge in [-0.25, -0.2) is 13.8 Å². The molecule has 1 N–H and O–H groups in total. The molecule has 0 spiro atoms. The van der Waals surface area contributed by atoms with Crippen LogP contribution in [0.15, 0.2) is 42.7 Å². The van der Waals surface area contributed by atoms with E-state index in [-0.39, 0.29) is 41.4 Å². The first-order valence-electron chi connectivity index (χ1n) is 11.0. The first-order chi connectivity index (χ1) is 17.0. The number of carbonyl (C=O) groups excluding carboxylic acids is 1. The van der Waals surface area contributed by atoms with E-state index in [1.165, 1.54) is 23.4 Å². The second kappa shape index (κ2) is 9.10. The minimum absolute atomic E-state index is 0.0120. The maximum Gasteiger partial charge on any atom is 0.272 e. The molecule has 0 bridgehead atoms. The molecule has 1 fully saturated rings. The third kappa shape index (κ3) is 4.53. The van der Waals surface area contributed by atoms with Gasteiger partial charge in [0, 0.05) is 36.3 Å². The number of halogens is 2. The van der Waals surface area contributed by atoms with Gasteiger partial charge in [-0.1, -0.05) is 0 Å². The summed E-state index contributed by atoms with van der Waals surface area (Å²) < 4.78 is 33.2. The zero-order chi connectivity index (χ0) is 24.5. The Labute approximate surface area is 199 Å². The van der Waals surface area contributed by atoms with Crippen LogP contribution in [-0.4, -0.2) is 44.1 Å². The molecule has 10 heteroatoms. The van der Waals surface area contributed by atoms with Crippen LogP contribution in [0.1, 0.15) is 40.2 Å². The standard InChI is InChI=1S/C25H20F2N6O2/c1-33(13-16-11-29-22(9-26)20-12-30-32-23(16)20)25(34)21-5-4-19(24(31-21)35-18-2-3-18)15-6-14(10-28)7-17(27)8-15/h4-8,11-12,18H,2-3,9,13H2,1H3,(H,30,32). The van der Waals surface area contributed by atoms with E-state index in [0.29, 0.717) is 27.6 Å². The smallest absolute Gasteiger partial charge is 0.272 e. The lowest BCUT2D eigenvalue weighted by Gasteiger charge is -2.18. The second-order valence-electron chi connectivity index (χ2n) is 8.39. The van der Waals surface area contributed by atoms with Crippen molar-refractivity contribution < 1.29 is 18.3 Å². The van der Waals surface area contributed by atoms with Crippen molar-refractivity contribution in [3.63, 3.8) is 0 Å². The molecule has 1 aliphatic carbocycles. The van der Waals surface area contributed by atoms with E-state index in [2.05, 4.69) is 20.2 Å². The van der Waals surface area contributed by atoms with Gasteiger partial charge in [0.1, 0.15) is 24.3 Å². The van der Waals surface area contributed by atoms with Crippen LogP contribution < -0.4 is 4.74 Å². The minimum Gasteiger partial charge on any atom is -0.474 e. The Kier molecular flexibility index (Phi) is 5.82. The highest BCUT2D eigenvalue weighted by molar-refractivity contribution is 5.93. The van der Waals surface area contributed by atoms with Crippen LogP contribution in [-0.2, 0) is 13.2 Å². The average molecular weight is 474 g/mol.